The van der Waals surface area contributed by atoms with Crippen LogP contribution < -0.4 is 0 Å². The van der Waals surface area contributed by atoms with E-state index in [2.05, 4.69) is 33.0 Å². The van der Waals surface area contributed by atoms with Crippen molar-refractivity contribution in [1.29, 1.82) is 0 Å². The second-order valence-corrected chi connectivity index (χ2v) is 4.45. The zero-order chi connectivity index (χ0) is 11.4. The van der Waals surface area contributed by atoms with Gasteiger partial charge in [-0.05, 0) is 30.2 Å². The van der Waals surface area contributed by atoms with Crippen LogP contribution in [0.2, 0.25) is 0 Å². The highest BCUT2D eigenvalue weighted by Crippen LogP contribution is 2.19. The molecule has 0 amide bonds. The highest BCUT2D eigenvalue weighted by atomic mass is 32.2. The number of aryl methyl sites for hydroxylation is 1. The first-order valence-electron chi connectivity index (χ1n) is 4.89. The Morgan fingerprint density at radius 2 is 2.44 bits per heavy atom. The molecule has 0 aliphatic carbocycles. The fraction of sp³-hybridized carbons (Fsp3) is 0.300. The Kier molecular flexibility index (Phi) is 3.34. The molecular weight excluding hydrogens is 222 g/mol. The van der Waals surface area contributed by atoms with E-state index in [4.69, 9.17) is 5.53 Å². The number of azide groups is 1. The van der Waals surface area contributed by atoms with E-state index in [0.717, 1.165) is 21.9 Å². The number of benzene rings is 1. The van der Waals surface area contributed by atoms with Crippen LogP contribution in [0.4, 0.5) is 0 Å². The van der Waals surface area contributed by atoms with Gasteiger partial charge in [-0.15, -0.1) is 0 Å². The molecule has 0 aliphatic rings. The predicted octanol–water partition coefficient (Wildman–Crippen LogP) is 3.27. The molecule has 0 bridgehead atoms. The van der Waals surface area contributed by atoms with Crippen LogP contribution in [0.1, 0.15) is 5.56 Å². The molecule has 1 N–H and O–H groups in total. The van der Waals surface area contributed by atoms with Crippen molar-refractivity contribution in [1.82, 2.24) is 9.97 Å². The van der Waals surface area contributed by atoms with Crippen molar-refractivity contribution in [3.63, 3.8) is 0 Å². The Morgan fingerprint density at radius 3 is 3.25 bits per heavy atom. The summed E-state index contributed by atoms with van der Waals surface area (Å²) in [7, 11) is 0. The topological polar surface area (TPSA) is 77.4 Å². The first-order valence-corrected chi connectivity index (χ1v) is 5.88. The molecule has 0 saturated carbocycles. The van der Waals surface area contributed by atoms with E-state index in [-0.39, 0.29) is 0 Å². The van der Waals surface area contributed by atoms with Gasteiger partial charge in [0.05, 0.1) is 11.0 Å². The van der Waals surface area contributed by atoms with Gasteiger partial charge in [-0.2, -0.15) is 0 Å². The molecule has 2 aromatic rings. The number of aromatic nitrogens is 2. The molecule has 5 nitrogen and oxygen atoms in total. The monoisotopic (exact) mass is 233 g/mol. The smallest absolute Gasteiger partial charge is 0.166 e. The molecule has 1 heterocycles. The number of H-pyrrole nitrogens is 1. The number of fused-ring (bicyclic) bond motifs is 1. The molecule has 1 aromatic heterocycles. The normalized spacial score (nSPS) is 10.3. The van der Waals surface area contributed by atoms with Crippen molar-refractivity contribution in [2.45, 2.75) is 12.1 Å². The van der Waals surface area contributed by atoms with Crippen molar-refractivity contribution < 1.29 is 0 Å². The highest BCUT2D eigenvalue weighted by Gasteiger charge is 2.02. The maximum Gasteiger partial charge on any atom is 0.166 e. The molecule has 0 unspecified atom stereocenters. The summed E-state index contributed by atoms with van der Waals surface area (Å²) in [5.74, 6) is 0.739. The van der Waals surface area contributed by atoms with Crippen molar-refractivity contribution in [3.05, 3.63) is 34.2 Å². The molecule has 0 aliphatic heterocycles. The summed E-state index contributed by atoms with van der Waals surface area (Å²) < 4.78 is 0. The Hall–Kier alpha value is -1.65. The average molecular weight is 233 g/mol. The largest absolute Gasteiger partial charge is 0.333 e. The van der Waals surface area contributed by atoms with Crippen LogP contribution in [-0.2, 0) is 0 Å². The van der Waals surface area contributed by atoms with Gasteiger partial charge in [-0.25, -0.2) is 4.98 Å². The van der Waals surface area contributed by atoms with Crippen LogP contribution in [-0.4, -0.2) is 22.3 Å². The van der Waals surface area contributed by atoms with E-state index in [1.807, 2.05) is 12.1 Å². The predicted molar refractivity (Wildman–Crippen MR) is 65.6 cm³/mol. The maximum absolute atomic E-state index is 8.13. The number of aromatic amines is 1. The molecule has 0 saturated heterocycles. The minimum atomic E-state index is 0.483. The number of hydrogen-bond donors (Lipinski definition) is 1. The minimum Gasteiger partial charge on any atom is -0.333 e. The van der Waals surface area contributed by atoms with Crippen LogP contribution in [0.3, 0.4) is 0 Å². The van der Waals surface area contributed by atoms with Gasteiger partial charge in [-0.1, -0.05) is 22.9 Å². The van der Waals surface area contributed by atoms with Crippen LogP contribution >= 0.6 is 11.8 Å². The number of nitrogens with zero attached hydrogens (tertiary/aromatic N) is 4. The maximum atomic E-state index is 8.13. The van der Waals surface area contributed by atoms with E-state index in [9.17, 15) is 0 Å². The third-order valence-electron chi connectivity index (χ3n) is 2.11. The summed E-state index contributed by atoms with van der Waals surface area (Å²) >= 11 is 1.56. The summed E-state index contributed by atoms with van der Waals surface area (Å²) in [6, 6.07) is 6.11. The zero-order valence-electron chi connectivity index (χ0n) is 8.84. The molecule has 16 heavy (non-hydrogen) atoms. The van der Waals surface area contributed by atoms with Crippen molar-refractivity contribution in [2.75, 3.05) is 12.3 Å². The van der Waals surface area contributed by atoms with Gasteiger partial charge in [0, 0.05) is 17.2 Å². The standard InChI is InChI=1S/C10H11N5S/c1-7-2-3-8-9(6-7)14-10(13-8)16-5-4-12-15-11/h2-3,6H,4-5H2,1H3,(H,13,14). The van der Waals surface area contributed by atoms with Crippen LogP contribution in [0.25, 0.3) is 21.5 Å². The molecule has 6 heteroatoms. The number of rotatable bonds is 4. The fourth-order valence-corrected chi connectivity index (χ4v) is 2.11. The lowest BCUT2D eigenvalue weighted by Crippen LogP contribution is -1.84. The summed E-state index contributed by atoms with van der Waals surface area (Å²) in [5, 5.41) is 4.34. The first-order chi connectivity index (χ1) is 7.79. The molecule has 0 atom stereocenters. The van der Waals surface area contributed by atoms with Crippen LogP contribution in [0, 0.1) is 6.92 Å². The Morgan fingerprint density at radius 1 is 1.56 bits per heavy atom. The van der Waals surface area contributed by atoms with E-state index in [1.165, 1.54) is 5.56 Å². The van der Waals surface area contributed by atoms with Crippen molar-refractivity contribution in [2.24, 2.45) is 5.11 Å². The summed E-state index contributed by atoms with van der Waals surface area (Å²) in [6.07, 6.45) is 0. The van der Waals surface area contributed by atoms with Gasteiger partial charge in [0.15, 0.2) is 5.16 Å². The van der Waals surface area contributed by atoms with Gasteiger partial charge in [-0.3, -0.25) is 0 Å². The average Bonchev–Trinajstić information content (AvgIpc) is 2.66. The molecular formula is C10H11N5S. The lowest BCUT2D eigenvalue weighted by molar-refractivity contribution is 1.06. The van der Waals surface area contributed by atoms with E-state index in [0.29, 0.717) is 6.54 Å². The molecule has 82 valence electrons. The number of nitrogens with one attached hydrogen (secondary N) is 1. The number of hydrogen-bond acceptors (Lipinski definition) is 3. The van der Waals surface area contributed by atoms with Crippen LogP contribution in [0.15, 0.2) is 28.5 Å². The van der Waals surface area contributed by atoms with Gasteiger partial charge in [0.2, 0.25) is 0 Å². The number of imidazole rings is 1. The van der Waals surface area contributed by atoms with Crippen molar-refractivity contribution >= 4 is 22.8 Å². The first kappa shape index (κ1) is 10.9. The van der Waals surface area contributed by atoms with E-state index >= 15 is 0 Å². The lowest BCUT2D eigenvalue weighted by Gasteiger charge is -1.91. The minimum absolute atomic E-state index is 0.483. The number of thioether (sulfide) groups is 1. The summed E-state index contributed by atoms with van der Waals surface area (Å²) in [4.78, 5) is 10.4. The van der Waals surface area contributed by atoms with E-state index in [1.54, 1.807) is 11.8 Å². The molecule has 0 fully saturated rings. The third-order valence-corrected chi connectivity index (χ3v) is 2.96. The van der Waals surface area contributed by atoms with Gasteiger partial charge in [0.25, 0.3) is 0 Å². The molecule has 2 rings (SSSR count). The van der Waals surface area contributed by atoms with Gasteiger partial charge in [0.1, 0.15) is 0 Å². The van der Waals surface area contributed by atoms with Gasteiger partial charge < -0.3 is 4.98 Å². The Bertz CT molecular complexity index is 541. The van der Waals surface area contributed by atoms with Crippen LogP contribution in [0.5, 0.6) is 0 Å². The Labute approximate surface area is 96.9 Å². The Balaban J connectivity index is 2.10. The fourth-order valence-electron chi connectivity index (χ4n) is 1.40. The quantitative estimate of drug-likeness (QED) is 0.289. The zero-order valence-corrected chi connectivity index (χ0v) is 9.66. The molecule has 0 radical (unpaired) electrons. The summed E-state index contributed by atoms with van der Waals surface area (Å²) in [5.41, 5.74) is 11.4. The SMILES string of the molecule is Cc1ccc2nc(SCCN=[N+]=[N-])[nH]c2c1. The second-order valence-electron chi connectivity index (χ2n) is 3.37. The van der Waals surface area contributed by atoms with Gasteiger partial charge >= 0.3 is 0 Å². The van der Waals surface area contributed by atoms with E-state index < -0.39 is 0 Å². The third kappa shape index (κ3) is 2.48. The molecule has 1 aromatic carbocycles. The molecule has 0 spiro atoms. The second kappa shape index (κ2) is 4.92. The van der Waals surface area contributed by atoms with Crippen molar-refractivity contribution in [3.8, 4) is 0 Å². The summed E-state index contributed by atoms with van der Waals surface area (Å²) in [6.45, 7) is 2.53. The lowest BCUT2D eigenvalue weighted by atomic mass is 10.2. The highest BCUT2D eigenvalue weighted by molar-refractivity contribution is 7.99.